The second kappa shape index (κ2) is 19.1. The minimum atomic E-state index is -1.25. The number of carbonyl (C=O) groups excluding carboxylic acids is 2. The highest BCUT2D eigenvalue weighted by Gasteiger charge is 2.47. The Morgan fingerprint density at radius 1 is 0.712 bits per heavy atom. The van der Waals surface area contributed by atoms with E-state index in [-0.39, 0.29) is 12.3 Å². The molecular weight excluding hydrogens is 689 g/mol. The summed E-state index contributed by atoms with van der Waals surface area (Å²) >= 11 is 3.52. The van der Waals surface area contributed by atoms with Gasteiger partial charge in [-0.25, -0.2) is 0 Å². The van der Waals surface area contributed by atoms with Crippen LogP contribution in [-0.4, -0.2) is 28.8 Å². The van der Waals surface area contributed by atoms with Gasteiger partial charge in [0.15, 0.2) is 5.92 Å². The SMILES string of the molecule is CC#CC(CC(=O)O)c1ccc(SCc2ccccc2C)cc1.CC#CC(c1ccc(SCc2ccccc2C)cc1)C1C(=O)OC(C)(C)OC1=O. The Kier molecular flexibility index (Phi) is 14.6. The second-order valence-electron chi connectivity index (χ2n) is 12.7. The van der Waals surface area contributed by atoms with Gasteiger partial charge in [-0.1, -0.05) is 84.6 Å². The van der Waals surface area contributed by atoms with E-state index in [4.69, 9.17) is 14.6 Å². The standard InChI is InChI=1S/C24H24O4S.C20H20O2S/c1-5-8-20(21-22(25)27-24(3,4)28-23(21)26)17-11-13-19(14-12-17)29-15-18-10-7-6-9-16(18)2;1-3-6-17(13-20(21)22)16-9-11-19(12-10-16)23-14-18-8-5-4-7-15(18)2/h6-7,9-14,20-21H,15H2,1-4H3;4-5,7-12,17H,13-14H2,1-2H3,(H,21,22). The largest absolute Gasteiger partial charge is 0.481 e. The third-order valence-electron chi connectivity index (χ3n) is 8.36. The second-order valence-corrected chi connectivity index (χ2v) is 14.8. The van der Waals surface area contributed by atoms with E-state index >= 15 is 0 Å². The lowest BCUT2D eigenvalue weighted by Crippen LogP contribution is -2.48. The topological polar surface area (TPSA) is 89.9 Å². The van der Waals surface area contributed by atoms with E-state index in [1.165, 1.54) is 27.1 Å². The van der Waals surface area contributed by atoms with Crippen LogP contribution in [0.1, 0.15) is 79.3 Å². The molecule has 0 amide bonds. The molecule has 6 nitrogen and oxygen atoms in total. The van der Waals surface area contributed by atoms with Crippen molar-refractivity contribution in [1.29, 1.82) is 0 Å². The Bertz CT molecular complexity index is 1960. The third kappa shape index (κ3) is 11.6. The molecule has 2 unspecified atom stereocenters. The lowest BCUT2D eigenvalue weighted by molar-refractivity contribution is -0.240. The number of aryl methyl sites for hydroxylation is 2. The van der Waals surface area contributed by atoms with Crippen molar-refractivity contribution in [2.45, 2.75) is 86.9 Å². The molecule has 52 heavy (non-hydrogen) atoms. The third-order valence-corrected chi connectivity index (χ3v) is 10.5. The number of carboxylic acid groups (broad SMARTS) is 1. The van der Waals surface area contributed by atoms with E-state index in [9.17, 15) is 14.4 Å². The van der Waals surface area contributed by atoms with Crippen molar-refractivity contribution in [1.82, 2.24) is 0 Å². The van der Waals surface area contributed by atoms with Crippen molar-refractivity contribution < 1.29 is 29.0 Å². The quantitative estimate of drug-likeness (QED) is 0.0706. The summed E-state index contributed by atoms with van der Waals surface area (Å²) in [7, 11) is 0. The van der Waals surface area contributed by atoms with Gasteiger partial charge in [-0.15, -0.1) is 35.4 Å². The molecule has 0 spiro atoms. The van der Waals surface area contributed by atoms with Crippen LogP contribution in [0.4, 0.5) is 0 Å². The van der Waals surface area contributed by atoms with Crippen LogP contribution in [0.2, 0.25) is 0 Å². The van der Waals surface area contributed by atoms with Gasteiger partial charge in [0.05, 0.1) is 18.3 Å². The molecule has 1 N–H and O–H groups in total. The molecule has 4 aromatic rings. The average Bonchev–Trinajstić information content (AvgIpc) is 3.10. The molecule has 1 aliphatic heterocycles. The fourth-order valence-electron chi connectivity index (χ4n) is 5.55. The highest BCUT2D eigenvalue weighted by atomic mass is 32.2. The molecule has 2 atom stereocenters. The number of carboxylic acids is 1. The molecule has 0 saturated carbocycles. The monoisotopic (exact) mass is 732 g/mol. The first-order valence-electron chi connectivity index (χ1n) is 17.0. The number of benzene rings is 4. The minimum Gasteiger partial charge on any atom is -0.481 e. The molecule has 5 rings (SSSR count). The summed E-state index contributed by atoms with van der Waals surface area (Å²) in [6.45, 7) is 10.7. The zero-order valence-corrected chi connectivity index (χ0v) is 32.0. The number of cyclic esters (lactones) is 2. The number of esters is 2. The number of carbonyl (C=O) groups is 3. The molecule has 1 heterocycles. The van der Waals surface area contributed by atoms with E-state index in [2.05, 4.69) is 73.9 Å². The lowest BCUT2D eigenvalue weighted by atomic mass is 9.85. The van der Waals surface area contributed by atoms with Crippen LogP contribution >= 0.6 is 23.5 Å². The molecule has 0 bridgehead atoms. The van der Waals surface area contributed by atoms with Crippen molar-refractivity contribution in [3.05, 3.63) is 130 Å². The molecule has 4 aromatic carbocycles. The van der Waals surface area contributed by atoms with E-state index in [0.717, 1.165) is 27.5 Å². The summed E-state index contributed by atoms with van der Waals surface area (Å²) in [5, 5.41) is 8.99. The van der Waals surface area contributed by atoms with E-state index in [0.29, 0.717) is 0 Å². The van der Waals surface area contributed by atoms with Crippen LogP contribution in [0.5, 0.6) is 0 Å². The van der Waals surface area contributed by atoms with Gasteiger partial charge in [0.1, 0.15) is 0 Å². The first kappa shape index (κ1) is 39.9. The minimum absolute atomic E-state index is 0.0382. The number of ether oxygens (including phenoxy) is 2. The van der Waals surface area contributed by atoms with Gasteiger partial charge in [0, 0.05) is 35.1 Å². The lowest BCUT2D eigenvalue weighted by Gasteiger charge is -2.34. The molecule has 1 saturated heterocycles. The normalized spacial score (nSPS) is 14.5. The Balaban J connectivity index is 0.000000239. The van der Waals surface area contributed by atoms with Crippen molar-refractivity contribution in [3.63, 3.8) is 0 Å². The molecule has 0 aliphatic carbocycles. The van der Waals surface area contributed by atoms with E-state index in [1.807, 2.05) is 60.7 Å². The van der Waals surface area contributed by atoms with Gasteiger partial charge in [-0.05, 0) is 85.3 Å². The summed E-state index contributed by atoms with van der Waals surface area (Å²) in [6, 6.07) is 32.6. The van der Waals surface area contributed by atoms with Gasteiger partial charge >= 0.3 is 17.9 Å². The van der Waals surface area contributed by atoms with Crippen LogP contribution in [-0.2, 0) is 35.4 Å². The number of hydrogen-bond acceptors (Lipinski definition) is 7. The van der Waals surface area contributed by atoms with Crippen LogP contribution < -0.4 is 0 Å². The van der Waals surface area contributed by atoms with Crippen molar-refractivity contribution in [3.8, 4) is 23.7 Å². The van der Waals surface area contributed by atoms with Gasteiger partial charge in [-0.2, -0.15) is 0 Å². The number of hydrogen-bond donors (Lipinski definition) is 1. The van der Waals surface area contributed by atoms with Crippen LogP contribution in [0, 0.1) is 43.4 Å². The van der Waals surface area contributed by atoms with Crippen molar-refractivity contribution in [2.24, 2.45) is 5.92 Å². The maximum atomic E-state index is 12.5. The van der Waals surface area contributed by atoms with E-state index in [1.54, 1.807) is 51.2 Å². The summed E-state index contributed by atoms with van der Waals surface area (Å²) < 4.78 is 10.5. The molecule has 8 heteroatoms. The highest BCUT2D eigenvalue weighted by Crippen LogP contribution is 2.35. The number of rotatable bonds is 11. The Morgan fingerprint density at radius 3 is 1.58 bits per heavy atom. The predicted octanol–water partition coefficient (Wildman–Crippen LogP) is 9.72. The Labute approximate surface area is 316 Å². The number of thioether (sulfide) groups is 2. The predicted molar refractivity (Wildman–Crippen MR) is 209 cm³/mol. The van der Waals surface area contributed by atoms with Crippen LogP contribution in [0.15, 0.2) is 107 Å². The van der Waals surface area contributed by atoms with Crippen molar-refractivity contribution in [2.75, 3.05) is 0 Å². The zero-order valence-electron chi connectivity index (χ0n) is 30.4. The molecule has 1 fully saturated rings. The zero-order chi connectivity index (χ0) is 37.7. The maximum Gasteiger partial charge on any atom is 0.325 e. The molecule has 0 aromatic heterocycles. The van der Waals surface area contributed by atoms with Crippen LogP contribution in [0.25, 0.3) is 0 Å². The van der Waals surface area contributed by atoms with E-state index < -0.39 is 35.5 Å². The smallest absolute Gasteiger partial charge is 0.325 e. The first-order chi connectivity index (χ1) is 24.9. The maximum absolute atomic E-state index is 12.5. The first-order valence-corrected chi connectivity index (χ1v) is 18.9. The van der Waals surface area contributed by atoms with Gasteiger partial charge < -0.3 is 14.6 Å². The fourth-order valence-corrected chi connectivity index (χ4v) is 7.50. The Hall–Kier alpha value is -4.89. The Morgan fingerprint density at radius 2 is 1.15 bits per heavy atom. The van der Waals surface area contributed by atoms with Crippen LogP contribution in [0.3, 0.4) is 0 Å². The fraction of sp³-hybridized carbons (Fsp3) is 0.295. The van der Waals surface area contributed by atoms with Gasteiger partial charge in [0.2, 0.25) is 0 Å². The van der Waals surface area contributed by atoms with Gasteiger partial charge in [-0.3, -0.25) is 14.4 Å². The van der Waals surface area contributed by atoms with Gasteiger partial charge in [0.25, 0.3) is 5.79 Å². The molecule has 1 aliphatic rings. The van der Waals surface area contributed by atoms with Crippen molar-refractivity contribution >= 4 is 41.4 Å². The summed E-state index contributed by atoms with van der Waals surface area (Å²) in [5.41, 5.74) is 6.96. The molecular formula is C44H44O6S2. The number of aliphatic carboxylic acids is 1. The summed E-state index contributed by atoms with van der Waals surface area (Å²) in [5.74, 6) is 8.21. The highest BCUT2D eigenvalue weighted by molar-refractivity contribution is 7.98. The molecule has 0 radical (unpaired) electrons. The average molecular weight is 733 g/mol. The summed E-state index contributed by atoms with van der Waals surface area (Å²) in [4.78, 5) is 38.2. The molecule has 268 valence electrons. The summed E-state index contributed by atoms with van der Waals surface area (Å²) in [6.07, 6.45) is 0.0382.